The molecule has 204 valence electrons. The van der Waals surface area contributed by atoms with E-state index in [-0.39, 0.29) is 17.7 Å². The number of pyridine rings is 1. The number of hydrogen-bond donors (Lipinski definition) is 1. The molecule has 0 amide bonds. The number of rotatable bonds is 7. The van der Waals surface area contributed by atoms with Gasteiger partial charge >= 0.3 is 0 Å². The Morgan fingerprint density at radius 1 is 1.10 bits per heavy atom. The first-order chi connectivity index (χ1) is 19.0. The number of hydrogen-bond acceptors (Lipinski definition) is 8. The van der Waals surface area contributed by atoms with Crippen molar-refractivity contribution in [1.29, 1.82) is 0 Å². The van der Waals surface area contributed by atoms with E-state index < -0.39 is 0 Å². The minimum absolute atomic E-state index is 0.0833. The van der Waals surface area contributed by atoms with Crippen molar-refractivity contribution < 1.29 is 9.47 Å². The van der Waals surface area contributed by atoms with Crippen LogP contribution in [0.2, 0.25) is 0 Å². The van der Waals surface area contributed by atoms with E-state index in [0.29, 0.717) is 17.9 Å². The van der Waals surface area contributed by atoms with Gasteiger partial charge in [-0.15, -0.1) is 5.10 Å². The topological polar surface area (TPSA) is 101 Å². The van der Waals surface area contributed by atoms with Crippen molar-refractivity contribution >= 4 is 16.6 Å². The summed E-state index contributed by atoms with van der Waals surface area (Å²) in [5.41, 5.74) is 4.80. The van der Waals surface area contributed by atoms with Crippen LogP contribution in [0.15, 0.2) is 47.3 Å². The normalized spacial score (nSPS) is 19.1. The van der Waals surface area contributed by atoms with Crippen LogP contribution < -0.4 is 15.2 Å². The van der Waals surface area contributed by atoms with Gasteiger partial charge in [-0.1, -0.05) is 11.6 Å². The van der Waals surface area contributed by atoms with Crippen molar-refractivity contribution in [1.82, 2.24) is 30.1 Å². The van der Waals surface area contributed by atoms with Gasteiger partial charge in [0.25, 0.3) is 5.56 Å². The second-order valence-electron chi connectivity index (χ2n) is 10.6. The van der Waals surface area contributed by atoms with E-state index in [1.54, 1.807) is 7.11 Å². The Kier molecular flexibility index (Phi) is 7.05. The van der Waals surface area contributed by atoms with Crippen LogP contribution in [-0.2, 0) is 11.3 Å². The molecule has 39 heavy (non-hydrogen) atoms. The summed E-state index contributed by atoms with van der Waals surface area (Å²) in [6.45, 7) is 8.61. The smallest absolute Gasteiger partial charge is 0.253 e. The molecule has 10 nitrogen and oxygen atoms in total. The molecule has 4 heterocycles. The number of aryl methyl sites for hydroxylation is 2. The fourth-order valence-electron chi connectivity index (χ4n) is 5.96. The molecule has 2 saturated heterocycles. The molecule has 0 aliphatic carbocycles. The summed E-state index contributed by atoms with van der Waals surface area (Å²) in [7, 11) is 1.68. The number of piperazine rings is 1. The Labute approximate surface area is 227 Å². The summed E-state index contributed by atoms with van der Waals surface area (Å²) in [4.78, 5) is 21.5. The summed E-state index contributed by atoms with van der Waals surface area (Å²) in [6.07, 6.45) is 2.11. The maximum absolute atomic E-state index is 13.6. The van der Waals surface area contributed by atoms with E-state index in [4.69, 9.17) is 9.47 Å². The average Bonchev–Trinajstić information content (AvgIpc) is 3.63. The van der Waals surface area contributed by atoms with E-state index in [1.165, 1.54) is 0 Å². The Morgan fingerprint density at radius 3 is 2.62 bits per heavy atom. The van der Waals surface area contributed by atoms with Gasteiger partial charge in [-0.05, 0) is 84.5 Å². The predicted molar refractivity (Wildman–Crippen MR) is 149 cm³/mol. The lowest BCUT2D eigenvalue weighted by Crippen LogP contribution is -2.49. The molecule has 2 aromatic carbocycles. The van der Waals surface area contributed by atoms with Gasteiger partial charge < -0.3 is 19.4 Å². The molecule has 6 rings (SSSR count). The lowest BCUT2D eigenvalue weighted by atomic mass is 10.00. The number of benzene rings is 2. The van der Waals surface area contributed by atoms with Gasteiger partial charge in [0.2, 0.25) is 0 Å². The van der Waals surface area contributed by atoms with Crippen molar-refractivity contribution in [2.45, 2.75) is 45.4 Å². The molecule has 2 aromatic heterocycles. The molecule has 2 aliphatic heterocycles. The lowest BCUT2D eigenvalue weighted by molar-refractivity contribution is 0.0906. The second kappa shape index (κ2) is 10.8. The van der Waals surface area contributed by atoms with E-state index in [9.17, 15) is 4.79 Å². The first-order valence-corrected chi connectivity index (χ1v) is 13.6. The van der Waals surface area contributed by atoms with Crippen LogP contribution in [0.5, 0.6) is 5.75 Å². The molecule has 2 atom stereocenters. The number of tetrazole rings is 1. The number of H-pyrrole nitrogens is 1. The summed E-state index contributed by atoms with van der Waals surface area (Å²) in [5.74, 6) is 1.52. The van der Waals surface area contributed by atoms with E-state index in [1.807, 2.05) is 29.8 Å². The van der Waals surface area contributed by atoms with Crippen molar-refractivity contribution in [3.8, 4) is 5.75 Å². The number of fused-ring (bicyclic) bond motifs is 1. The molecular formula is C29H35N7O3. The molecule has 0 spiro atoms. The number of nitrogens with zero attached hydrogens (tertiary/aromatic N) is 6. The monoisotopic (exact) mass is 529 g/mol. The first kappa shape index (κ1) is 25.5. The van der Waals surface area contributed by atoms with Crippen LogP contribution in [0.3, 0.4) is 0 Å². The zero-order valence-corrected chi connectivity index (χ0v) is 22.8. The lowest BCUT2D eigenvalue weighted by Gasteiger charge is -2.39. The third kappa shape index (κ3) is 5.14. The van der Waals surface area contributed by atoms with E-state index in [2.05, 4.69) is 61.5 Å². The Morgan fingerprint density at radius 2 is 1.90 bits per heavy atom. The molecule has 0 bridgehead atoms. The summed E-state index contributed by atoms with van der Waals surface area (Å²) >= 11 is 0. The van der Waals surface area contributed by atoms with Crippen molar-refractivity contribution in [3.05, 3.63) is 75.3 Å². The highest BCUT2D eigenvalue weighted by atomic mass is 16.5. The highest BCUT2D eigenvalue weighted by molar-refractivity contribution is 5.83. The van der Waals surface area contributed by atoms with E-state index >= 15 is 0 Å². The first-order valence-electron chi connectivity index (χ1n) is 13.6. The number of aromatic nitrogens is 5. The van der Waals surface area contributed by atoms with Crippen molar-refractivity contribution in [2.75, 3.05) is 44.8 Å². The van der Waals surface area contributed by atoms with Crippen LogP contribution in [0.25, 0.3) is 10.9 Å². The van der Waals surface area contributed by atoms with Gasteiger partial charge in [0.15, 0.2) is 5.82 Å². The largest absolute Gasteiger partial charge is 0.497 e. The number of ether oxygens (including phenoxy) is 2. The highest BCUT2D eigenvalue weighted by Crippen LogP contribution is 2.30. The standard InChI is InChI=1S/C29H35N7O3/c1-19-15-20(2)26-21(16-19)17-25(29(37)30-26)27(28-31-32-33-36(28)18-24-5-4-14-39-24)35-12-10-34(11-13-35)22-6-8-23(38-3)9-7-22/h6-9,15-17,24,27H,4-5,10-14,18H2,1-3H3,(H,30,37). The second-order valence-corrected chi connectivity index (χ2v) is 10.6. The SMILES string of the molecule is COc1ccc(N2CCN(C(c3cc4cc(C)cc(C)c4[nH]c3=O)c3nnnn3CC3CCCO3)CC2)cc1. The van der Waals surface area contributed by atoms with Crippen LogP contribution in [0.4, 0.5) is 5.69 Å². The van der Waals surface area contributed by atoms with Gasteiger partial charge in [0, 0.05) is 44.0 Å². The molecule has 2 unspecified atom stereocenters. The minimum atomic E-state index is -0.381. The predicted octanol–water partition coefficient (Wildman–Crippen LogP) is 3.23. The van der Waals surface area contributed by atoms with Gasteiger partial charge in [-0.3, -0.25) is 9.69 Å². The third-order valence-corrected chi connectivity index (χ3v) is 7.94. The zero-order valence-electron chi connectivity index (χ0n) is 22.8. The van der Waals surface area contributed by atoms with Crippen molar-refractivity contribution in [3.63, 3.8) is 0 Å². The number of anilines is 1. The Balaban J connectivity index is 1.36. The van der Waals surface area contributed by atoms with Crippen LogP contribution in [0.1, 0.15) is 41.4 Å². The summed E-state index contributed by atoms with van der Waals surface area (Å²) < 4.78 is 13.0. The van der Waals surface area contributed by atoms with Crippen LogP contribution >= 0.6 is 0 Å². The maximum Gasteiger partial charge on any atom is 0.253 e. The number of nitrogens with one attached hydrogen (secondary N) is 1. The minimum Gasteiger partial charge on any atom is -0.497 e. The number of methoxy groups -OCH3 is 1. The van der Waals surface area contributed by atoms with E-state index in [0.717, 1.165) is 79.1 Å². The van der Waals surface area contributed by atoms with Gasteiger partial charge in [-0.2, -0.15) is 0 Å². The zero-order chi connectivity index (χ0) is 26.9. The number of aromatic amines is 1. The van der Waals surface area contributed by atoms with Gasteiger partial charge in [-0.25, -0.2) is 4.68 Å². The van der Waals surface area contributed by atoms with Crippen LogP contribution in [0, 0.1) is 13.8 Å². The summed E-state index contributed by atoms with van der Waals surface area (Å²) in [5, 5.41) is 13.9. The molecule has 0 radical (unpaired) electrons. The molecule has 0 saturated carbocycles. The van der Waals surface area contributed by atoms with Gasteiger partial charge in [0.1, 0.15) is 11.8 Å². The Hall–Kier alpha value is -3.76. The molecule has 1 N–H and O–H groups in total. The third-order valence-electron chi connectivity index (χ3n) is 7.94. The molecule has 2 aliphatic rings. The van der Waals surface area contributed by atoms with Crippen molar-refractivity contribution in [2.24, 2.45) is 0 Å². The quantitative estimate of drug-likeness (QED) is 0.390. The molecule has 4 aromatic rings. The molecular weight excluding hydrogens is 494 g/mol. The molecule has 10 heteroatoms. The maximum atomic E-state index is 13.6. The fraction of sp³-hybridized carbons (Fsp3) is 0.448. The van der Waals surface area contributed by atoms with Gasteiger partial charge in [0.05, 0.1) is 25.3 Å². The molecule has 2 fully saturated rings. The summed E-state index contributed by atoms with van der Waals surface area (Å²) in [6, 6.07) is 14.0. The van der Waals surface area contributed by atoms with Crippen LogP contribution in [-0.4, -0.2) is 76.1 Å². The average molecular weight is 530 g/mol. The Bertz CT molecular complexity index is 1500. The highest BCUT2D eigenvalue weighted by Gasteiger charge is 2.33. The fourth-order valence-corrected chi connectivity index (χ4v) is 5.96.